The Balaban J connectivity index is 1.84. The lowest BCUT2D eigenvalue weighted by molar-refractivity contribution is 0.324. The van der Waals surface area contributed by atoms with Gasteiger partial charge >= 0.3 is 0 Å². The van der Waals surface area contributed by atoms with Gasteiger partial charge in [-0.15, -0.1) is 0 Å². The van der Waals surface area contributed by atoms with Crippen molar-refractivity contribution in [2.45, 2.75) is 19.9 Å². The molecule has 0 spiro atoms. The Kier molecular flexibility index (Phi) is 5.56. The molecule has 0 unspecified atom stereocenters. The summed E-state index contributed by atoms with van der Waals surface area (Å²) in [6, 6.07) is 14.4. The lowest BCUT2D eigenvalue weighted by Gasteiger charge is -2.17. The lowest BCUT2D eigenvalue weighted by atomic mass is 10.2. The first-order valence-corrected chi connectivity index (χ1v) is 7.08. The topological polar surface area (TPSA) is 25.4 Å². The van der Waals surface area contributed by atoms with E-state index in [-0.39, 0.29) is 0 Å². The number of aromatic nitrogens is 1. The zero-order valence-corrected chi connectivity index (χ0v) is 12.2. The third-order valence-electron chi connectivity index (χ3n) is 3.14. The zero-order valence-electron chi connectivity index (χ0n) is 12.2. The third-order valence-corrected chi connectivity index (χ3v) is 3.14. The summed E-state index contributed by atoms with van der Waals surface area (Å²) in [7, 11) is 2.14. The molecule has 0 fully saturated rings. The maximum absolute atomic E-state index is 5.53. The quantitative estimate of drug-likeness (QED) is 0.773. The zero-order chi connectivity index (χ0) is 14.2. The van der Waals surface area contributed by atoms with Gasteiger partial charge < -0.3 is 9.64 Å². The van der Waals surface area contributed by atoms with Gasteiger partial charge in [-0.25, -0.2) is 0 Å². The first-order chi connectivity index (χ1) is 9.78. The number of nitrogens with zero attached hydrogens (tertiary/aromatic N) is 2. The summed E-state index contributed by atoms with van der Waals surface area (Å²) in [4.78, 5) is 6.65. The predicted molar refractivity (Wildman–Crippen MR) is 81.9 cm³/mol. The normalized spacial score (nSPS) is 10.8. The molecule has 0 radical (unpaired) electrons. The van der Waals surface area contributed by atoms with Crippen LogP contribution in [-0.4, -0.2) is 30.1 Å². The van der Waals surface area contributed by atoms with Crippen molar-refractivity contribution < 1.29 is 4.74 Å². The Hall–Kier alpha value is -1.87. The van der Waals surface area contributed by atoms with E-state index < -0.39 is 0 Å². The van der Waals surface area contributed by atoms with Gasteiger partial charge in [-0.1, -0.05) is 18.2 Å². The average Bonchev–Trinajstić information content (AvgIpc) is 2.47. The van der Waals surface area contributed by atoms with E-state index in [9.17, 15) is 0 Å². The van der Waals surface area contributed by atoms with E-state index in [2.05, 4.69) is 35.1 Å². The molecule has 0 bridgehead atoms. The van der Waals surface area contributed by atoms with E-state index in [0.717, 1.165) is 31.0 Å². The second-order valence-corrected chi connectivity index (χ2v) is 4.89. The van der Waals surface area contributed by atoms with Crippen LogP contribution in [0.1, 0.15) is 18.2 Å². The van der Waals surface area contributed by atoms with Crippen LogP contribution in [0.4, 0.5) is 0 Å². The smallest absolute Gasteiger partial charge is 0.119 e. The molecule has 3 heteroatoms. The number of likely N-dealkylation sites (N-methyl/N-ethyl adjacent to an activating group) is 1. The van der Waals surface area contributed by atoms with Gasteiger partial charge in [0, 0.05) is 31.4 Å². The molecular formula is C17H22N2O. The van der Waals surface area contributed by atoms with E-state index in [1.54, 1.807) is 0 Å². The molecule has 2 rings (SSSR count). The summed E-state index contributed by atoms with van der Waals surface area (Å²) < 4.78 is 5.53. The fourth-order valence-electron chi connectivity index (χ4n) is 2.14. The van der Waals surface area contributed by atoms with Gasteiger partial charge in [0.25, 0.3) is 0 Å². The third kappa shape index (κ3) is 4.67. The molecule has 0 saturated heterocycles. The van der Waals surface area contributed by atoms with Crippen LogP contribution in [0.15, 0.2) is 48.7 Å². The molecule has 0 aliphatic rings. The maximum atomic E-state index is 5.53. The van der Waals surface area contributed by atoms with Crippen molar-refractivity contribution in [1.29, 1.82) is 0 Å². The molecule has 1 heterocycles. The van der Waals surface area contributed by atoms with Crippen LogP contribution in [-0.2, 0) is 13.0 Å². The van der Waals surface area contributed by atoms with E-state index in [1.807, 2.05) is 37.4 Å². The predicted octanol–water partition coefficient (Wildman–Crippen LogP) is 3.15. The average molecular weight is 270 g/mol. The van der Waals surface area contributed by atoms with Crippen molar-refractivity contribution in [3.05, 3.63) is 59.9 Å². The molecule has 1 aromatic heterocycles. The molecular weight excluding hydrogens is 248 g/mol. The van der Waals surface area contributed by atoms with Crippen LogP contribution < -0.4 is 4.74 Å². The SMILES string of the molecule is CCOc1cccc(CN(C)CCc2ccccn2)c1. The largest absolute Gasteiger partial charge is 0.494 e. The Morgan fingerprint density at radius 2 is 2.05 bits per heavy atom. The summed E-state index contributed by atoms with van der Waals surface area (Å²) >= 11 is 0. The molecule has 0 aliphatic carbocycles. The molecule has 3 nitrogen and oxygen atoms in total. The van der Waals surface area contributed by atoms with Crippen LogP contribution >= 0.6 is 0 Å². The second-order valence-electron chi connectivity index (χ2n) is 4.89. The molecule has 20 heavy (non-hydrogen) atoms. The molecule has 0 N–H and O–H groups in total. The molecule has 2 aromatic rings. The summed E-state index contributed by atoms with van der Waals surface area (Å²) in [5.41, 5.74) is 2.42. The highest BCUT2D eigenvalue weighted by atomic mass is 16.5. The van der Waals surface area contributed by atoms with Crippen LogP contribution in [0.5, 0.6) is 5.75 Å². The van der Waals surface area contributed by atoms with Crippen LogP contribution in [0.3, 0.4) is 0 Å². The van der Waals surface area contributed by atoms with Crippen LogP contribution in [0.2, 0.25) is 0 Å². The molecule has 0 amide bonds. The first kappa shape index (κ1) is 14.5. The van der Waals surface area contributed by atoms with Gasteiger partial charge in [0.2, 0.25) is 0 Å². The Morgan fingerprint density at radius 1 is 1.15 bits per heavy atom. The van der Waals surface area contributed by atoms with Gasteiger partial charge in [0.1, 0.15) is 5.75 Å². The monoisotopic (exact) mass is 270 g/mol. The fourth-order valence-corrected chi connectivity index (χ4v) is 2.14. The number of ether oxygens (including phenoxy) is 1. The van der Waals surface area contributed by atoms with Gasteiger partial charge in [0.15, 0.2) is 0 Å². The van der Waals surface area contributed by atoms with Gasteiger partial charge in [-0.3, -0.25) is 4.98 Å². The van der Waals surface area contributed by atoms with E-state index >= 15 is 0 Å². The standard InChI is InChI=1S/C17H22N2O/c1-3-20-17-9-6-7-15(13-17)14-19(2)12-10-16-8-4-5-11-18-16/h4-9,11,13H,3,10,12,14H2,1-2H3. The minimum atomic E-state index is 0.707. The van der Waals surface area contributed by atoms with Gasteiger partial charge in [0.05, 0.1) is 6.61 Å². The summed E-state index contributed by atoms with van der Waals surface area (Å²) in [6.07, 6.45) is 2.82. The van der Waals surface area contributed by atoms with E-state index in [4.69, 9.17) is 4.74 Å². The van der Waals surface area contributed by atoms with Crippen molar-refractivity contribution in [2.24, 2.45) is 0 Å². The molecule has 0 aliphatic heterocycles. The molecule has 1 aromatic carbocycles. The highest BCUT2D eigenvalue weighted by Crippen LogP contribution is 2.14. The van der Waals surface area contributed by atoms with E-state index in [1.165, 1.54) is 5.56 Å². The molecule has 0 saturated carbocycles. The van der Waals surface area contributed by atoms with Crippen LogP contribution in [0, 0.1) is 0 Å². The van der Waals surface area contributed by atoms with Gasteiger partial charge in [-0.2, -0.15) is 0 Å². The number of benzene rings is 1. The van der Waals surface area contributed by atoms with Crippen molar-refractivity contribution in [2.75, 3.05) is 20.2 Å². The number of hydrogen-bond acceptors (Lipinski definition) is 3. The highest BCUT2D eigenvalue weighted by Gasteiger charge is 2.03. The molecule has 106 valence electrons. The van der Waals surface area contributed by atoms with Crippen molar-refractivity contribution in [3.8, 4) is 5.75 Å². The van der Waals surface area contributed by atoms with Gasteiger partial charge in [-0.05, 0) is 43.8 Å². The first-order valence-electron chi connectivity index (χ1n) is 7.08. The Bertz CT molecular complexity index is 513. The molecule has 0 atom stereocenters. The summed E-state index contributed by atoms with van der Waals surface area (Å²) in [6.45, 7) is 4.63. The maximum Gasteiger partial charge on any atom is 0.119 e. The number of pyridine rings is 1. The van der Waals surface area contributed by atoms with Crippen molar-refractivity contribution in [3.63, 3.8) is 0 Å². The Labute approximate surface area is 121 Å². The fraction of sp³-hybridized carbons (Fsp3) is 0.353. The number of rotatable bonds is 7. The van der Waals surface area contributed by atoms with Crippen molar-refractivity contribution >= 4 is 0 Å². The second kappa shape index (κ2) is 7.65. The minimum absolute atomic E-state index is 0.707. The van der Waals surface area contributed by atoms with E-state index in [0.29, 0.717) is 6.61 Å². The minimum Gasteiger partial charge on any atom is -0.494 e. The summed E-state index contributed by atoms with van der Waals surface area (Å²) in [5, 5.41) is 0. The summed E-state index contributed by atoms with van der Waals surface area (Å²) in [5.74, 6) is 0.947. The van der Waals surface area contributed by atoms with Crippen LogP contribution in [0.25, 0.3) is 0 Å². The highest BCUT2D eigenvalue weighted by molar-refractivity contribution is 5.28. The van der Waals surface area contributed by atoms with Crippen molar-refractivity contribution in [1.82, 2.24) is 9.88 Å². The lowest BCUT2D eigenvalue weighted by Crippen LogP contribution is -2.21. The Morgan fingerprint density at radius 3 is 2.80 bits per heavy atom. The number of hydrogen-bond donors (Lipinski definition) is 0.